The molecule has 1 heterocycles. The molecule has 0 N–H and O–H groups in total. The van der Waals surface area contributed by atoms with Gasteiger partial charge in [0.1, 0.15) is 0 Å². The van der Waals surface area contributed by atoms with Crippen LogP contribution in [-0.4, -0.2) is 25.9 Å². The van der Waals surface area contributed by atoms with Crippen LogP contribution in [0.25, 0.3) is 21.0 Å². The highest BCUT2D eigenvalue weighted by molar-refractivity contribution is 7.92. The summed E-state index contributed by atoms with van der Waals surface area (Å²) in [5, 5.41) is 2.22. The molecule has 1 aromatic heterocycles. The minimum absolute atomic E-state index is 0.0976. The Labute approximate surface area is 213 Å². The van der Waals surface area contributed by atoms with Crippen molar-refractivity contribution in [3.63, 3.8) is 0 Å². The Bertz CT molecular complexity index is 1770. The summed E-state index contributed by atoms with van der Waals surface area (Å²) >= 11 is 1.45. The number of hydrogen-bond acceptors (Lipinski definition) is 4. The lowest BCUT2D eigenvalue weighted by Crippen LogP contribution is -2.26. The maximum atomic E-state index is 13.1. The number of sulfonamides is 1. The predicted molar refractivity (Wildman–Crippen MR) is 146 cm³/mol. The molecule has 180 valence electrons. The van der Waals surface area contributed by atoms with Crippen LogP contribution in [0.2, 0.25) is 0 Å². The van der Waals surface area contributed by atoms with E-state index in [-0.39, 0.29) is 4.90 Å². The van der Waals surface area contributed by atoms with E-state index in [4.69, 9.17) is 0 Å². The van der Waals surface area contributed by atoms with Crippen molar-refractivity contribution >= 4 is 53.9 Å². The fraction of sp³-hybridized carbons (Fsp3) is 0.0714. The number of para-hydroxylation sites is 1. The molecule has 36 heavy (non-hydrogen) atoms. The normalized spacial score (nSPS) is 12.2. The molecule has 6 nitrogen and oxygen atoms in total. The standard InChI is InChI=1S/C28H23N3O3S2/c1-3-19-31-25-18-15-20-9-7-8-12-24(20)26(25)35-28(31)29-27(32)21-13-16-23(17-14-21)36(33,34)30(2)22-10-5-4-6-11-22/h3-18H,1,19H2,2H3. The van der Waals surface area contributed by atoms with Gasteiger partial charge in [-0.25, -0.2) is 8.42 Å². The molecule has 0 unspecified atom stereocenters. The average molecular weight is 514 g/mol. The van der Waals surface area contributed by atoms with Gasteiger partial charge >= 0.3 is 0 Å². The summed E-state index contributed by atoms with van der Waals surface area (Å²) in [7, 11) is -2.26. The van der Waals surface area contributed by atoms with Crippen molar-refractivity contribution in [2.45, 2.75) is 11.4 Å². The second-order valence-electron chi connectivity index (χ2n) is 8.17. The summed E-state index contributed by atoms with van der Waals surface area (Å²) in [4.78, 5) is 18.1. The molecule has 8 heteroatoms. The van der Waals surface area contributed by atoms with Crippen molar-refractivity contribution in [3.8, 4) is 0 Å². The van der Waals surface area contributed by atoms with Gasteiger partial charge in [-0.3, -0.25) is 9.10 Å². The molecule has 0 saturated carbocycles. The van der Waals surface area contributed by atoms with Gasteiger partial charge < -0.3 is 4.57 Å². The second kappa shape index (κ2) is 9.56. The Morgan fingerprint density at radius 2 is 1.67 bits per heavy atom. The number of anilines is 1. The summed E-state index contributed by atoms with van der Waals surface area (Å²) in [5.41, 5.74) is 1.84. The quantitative estimate of drug-likeness (QED) is 0.277. The van der Waals surface area contributed by atoms with Gasteiger partial charge in [0, 0.05) is 24.5 Å². The molecule has 1 amide bonds. The molecule has 0 atom stereocenters. The first-order valence-electron chi connectivity index (χ1n) is 11.3. The van der Waals surface area contributed by atoms with Gasteiger partial charge in [0.15, 0.2) is 4.80 Å². The number of nitrogens with zero attached hydrogens (tertiary/aromatic N) is 3. The van der Waals surface area contributed by atoms with Gasteiger partial charge in [0.05, 0.1) is 20.8 Å². The van der Waals surface area contributed by atoms with Crippen LogP contribution in [0.1, 0.15) is 10.4 Å². The summed E-state index contributed by atoms with van der Waals surface area (Å²) in [6, 6.07) is 26.9. The first-order valence-corrected chi connectivity index (χ1v) is 13.5. The van der Waals surface area contributed by atoms with Crippen LogP contribution < -0.4 is 9.11 Å². The van der Waals surface area contributed by atoms with Crippen LogP contribution in [0.4, 0.5) is 5.69 Å². The largest absolute Gasteiger partial charge is 0.312 e. The maximum Gasteiger partial charge on any atom is 0.279 e. The number of aromatic nitrogens is 1. The third-order valence-corrected chi connectivity index (χ3v) is 8.89. The van der Waals surface area contributed by atoms with Crippen molar-refractivity contribution < 1.29 is 13.2 Å². The van der Waals surface area contributed by atoms with E-state index < -0.39 is 15.9 Å². The van der Waals surface area contributed by atoms with E-state index in [9.17, 15) is 13.2 Å². The van der Waals surface area contributed by atoms with E-state index in [0.717, 1.165) is 21.0 Å². The summed E-state index contributed by atoms with van der Waals surface area (Å²) in [5.74, 6) is -0.441. The topological polar surface area (TPSA) is 71.7 Å². The van der Waals surface area contributed by atoms with Gasteiger partial charge in [-0.05, 0) is 47.9 Å². The van der Waals surface area contributed by atoms with E-state index >= 15 is 0 Å². The zero-order chi connectivity index (χ0) is 25.3. The molecular weight excluding hydrogens is 490 g/mol. The number of carbonyl (C=O) groups excluding carboxylic acids is 1. The molecule has 0 bridgehead atoms. The highest BCUT2D eigenvalue weighted by Crippen LogP contribution is 2.28. The Kier molecular flexibility index (Phi) is 6.30. The van der Waals surface area contributed by atoms with Gasteiger partial charge in [0.25, 0.3) is 15.9 Å². The Morgan fingerprint density at radius 1 is 0.972 bits per heavy atom. The third-order valence-electron chi connectivity index (χ3n) is 5.96. The van der Waals surface area contributed by atoms with Crippen LogP contribution in [-0.2, 0) is 16.6 Å². The van der Waals surface area contributed by atoms with E-state index in [2.05, 4.69) is 29.8 Å². The first-order chi connectivity index (χ1) is 17.4. The average Bonchev–Trinajstić information content (AvgIpc) is 3.26. The number of thiazole rings is 1. The Morgan fingerprint density at radius 3 is 2.39 bits per heavy atom. The number of rotatable bonds is 6. The van der Waals surface area contributed by atoms with Crippen molar-refractivity contribution in [1.82, 2.24) is 4.57 Å². The van der Waals surface area contributed by atoms with E-state index in [1.165, 1.54) is 47.0 Å². The summed E-state index contributed by atoms with van der Waals surface area (Å²) < 4.78 is 30.3. The summed E-state index contributed by atoms with van der Waals surface area (Å²) in [6.07, 6.45) is 1.77. The highest BCUT2D eigenvalue weighted by atomic mass is 32.2. The van der Waals surface area contributed by atoms with Crippen molar-refractivity contribution in [3.05, 3.63) is 114 Å². The predicted octanol–water partition coefficient (Wildman–Crippen LogP) is 5.61. The molecule has 4 aromatic carbocycles. The van der Waals surface area contributed by atoms with E-state index in [0.29, 0.717) is 22.6 Å². The number of amides is 1. The number of allylic oxidation sites excluding steroid dienone is 1. The molecule has 0 spiro atoms. The van der Waals surface area contributed by atoms with Gasteiger partial charge in [0.2, 0.25) is 0 Å². The molecule has 0 radical (unpaired) electrons. The van der Waals surface area contributed by atoms with Crippen LogP contribution in [0.15, 0.2) is 114 Å². The molecule has 0 aliphatic rings. The molecule has 0 fully saturated rings. The minimum Gasteiger partial charge on any atom is -0.312 e. The maximum absolute atomic E-state index is 13.1. The van der Waals surface area contributed by atoms with E-state index in [1.54, 1.807) is 30.3 Å². The molecule has 5 rings (SSSR count). The molecular formula is C28H23N3O3S2. The Balaban J connectivity index is 1.51. The van der Waals surface area contributed by atoms with Crippen molar-refractivity contribution in [1.29, 1.82) is 0 Å². The second-order valence-corrected chi connectivity index (χ2v) is 11.1. The van der Waals surface area contributed by atoms with Crippen LogP contribution in [0.3, 0.4) is 0 Å². The van der Waals surface area contributed by atoms with Crippen LogP contribution in [0, 0.1) is 0 Å². The van der Waals surface area contributed by atoms with Crippen molar-refractivity contribution in [2.24, 2.45) is 4.99 Å². The number of hydrogen-bond donors (Lipinski definition) is 0. The highest BCUT2D eigenvalue weighted by Gasteiger charge is 2.21. The SMILES string of the molecule is C=CCn1c(=NC(=O)c2ccc(S(=O)(=O)N(C)c3ccccc3)cc2)sc2c3ccccc3ccc21. The Hall–Kier alpha value is -4.01. The van der Waals surface area contributed by atoms with Crippen LogP contribution in [0.5, 0.6) is 0 Å². The fourth-order valence-corrected chi connectivity index (χ4v) is 6.41. The number of fused-ring (bicyclic) bond motifs is 3. The monoisotopic (exact) mass is 513 g/mol. The molecule has 0 saturated heterocycles. The van der Waals surface area contributed by atoms with Gasteiger partial charge in [-0.1, -0.05) is 65.9 Å². The third kappa shape index (κ3) is 4.25. The lowest BCUT2D eigenvalue weighted by Gasteiger charge is -2.19. The smallest absolute Gasteiger partial charge is 0.279 e. The minimum atomic E-state index is -3.77. The number of carbonyl (C=O) groups is 1. The summed E-state index contributed by atoms with van der Waals surface area (Å²) in [6.45, 7) is 4.36. The lowest BCUT2D eigenvalue weighted by atomic mass is 10.1. The van der Waals surface area contributed by atoms with Gasteiger partial charge in [-0.2, -0.15) is 4.99 Å². The first kappa shape index (κ1) is 23.7. The zero-order valence-corrected chi connectivity index (χ0v) is 21.2. The van der Waals surface area contributed by atoms with Crippen LogP contribution >= 0.6 is 11.3 Å². The zero-order valence-electron chi connectivity index (χ0n) is 19.5. The van der Waals surface area contributed by atoms with Gasteiger partial charge in [-0.15, -0.1) is 6.58 Å². The number of benzene rings is 4. The van der Waals surface area contributed by atoms with Crippen molar-refractivity contribution in [2.75, 3.05) is 11.4 Å². The lowest BCUT2D eigenvalue weighted by molar-refractivity contribution is 0.0998. The molecule has 0 aliphatic carbocycles. The van der Waals surface area contributed by atoms with E-state index in [1.807, 2.05) is 28.8 Å². The fourth-order valence-electron chi connectivity index (χ4n) is 4.05. The molecule has 5 aromatic rings. The molecule has 0 aliphatic heterocycles.